The van der Waals surface area contributed by atoms with Gasteiger partial charge in [0.2, 0.25) is 0 Å². The van der Waals surface area contributed by atoms with Crippen molar-refractivity contribution in [2.45, 2.75) is 58.0 Å². The van der Waals surface area contributed by atoms with E-state index < -0.39 is 0 Å². The van der Waals surface area contributed by atoms with E-state index in [4.69, 9.17) is 4.74 Å². The van der Waals surface area contributed by atoms with Gasteiger partial charge in [-0.25, -0.2) is 0 Å². The third-order valence-electron chi connectivity index (χ3n) is 4.67. The maximum Gasteiger partial charge on any atom is 0.0469 e. The van der Waals surface area contributed by atoms with Crippen LogP contribution in [0.3, 0.4) is 0 Å². The molecule has 2 atom stereocenters. The first-order chi connectivity index (χ1) is 8.81. The normalized spacial score (nSPS) is 30.0. The molecule has 0 aromatic rings. The molecule has 0 aliphatic carbocycles. The Morgan fingerprint density at radius 2 is 2.11 bits per heavy atom. The molecule has 1 N–H and O–H groups in total. The molecule has 2 aliphatic heterocycles. The fourth-order valence-corrected chi connectivity index (χ4v) is 3.44. The van der Waals surface area contributed by atoms with Gasteiger partial charge in [-0.2, -0.15) is 0 Å². The molecule has 2 saturated heterocycles. The number of hydrogen-bond acceptors (Lipinski definition) is 3. The molecule has 0 amide bonds. The van der Waals surface area contributed by atoms with E-state index >= 15 is 0 Å². The van der Waals surface area contributed by atoms with Gasteiger partial charge in [-0.1, -0.05) is 13.3 Å². The fourth-order valence-electron chi connectivity index (χ4n) is 3.44. The van der Waals surface area contributed by atoms with Crippen LogP contribution in [0.2, 0.25) is 0 Å². The molecule has 0 aromatic carbocycles. The summed E-state index contributed by atoms with van der Waals surface area (Å²) < 4.78 is 5.49. The topological polar surface area (TPSA) is 24.5 Å². The van der Waals surface area contributed by atoms with Crippen molar-refractivity contribution in [1.82, 2.24) is 10.2 Å². The summed E-state index contributed by atoms with van der Waals surface area (Å²) >= 11 is 0. The Morgan fingerprint density at radius 3 is 2.83 bits per heavy atom. The lowest BCUT2D eigenvalue weighted by Crippen LogP contribution is -2.45. The van der Waals surface area contributed by atoms with Gasteiger partial charge in [0.15, 0.2) is 0 Å². The standard InChI is InChI=1S/C15H30N2O/c1-3-5-15-12-17(9-4-8-16-15)13(2)14-6-10-18-11-7-14/h13-16H,3-12H2,1-2H3. The van der Waals surface area contributed by atoms with Gasteiger partial charge in [0.1, 0.15) is 0 Å². The smallest absolute Gasteiger partial charge is 0.0469 e. The minimum Gasteiger partial charge on any atom is -0.381 e. The van der Waals surface area contributed by atoms with Crippen molar-refractivity contribution < 1.29 is 4.74 Å². The van der Waals surface area contributed by atoms with Gasteiger partial charge in [-0.05, 0) is 51.6 Å². The molecule has 2 aliphatic rings. The lowest BCUT2D eigenvalue weighted by molar-refractivity contribution is 0.0296. The number of nitrogens with one attached hydrogen (secondary N) is 1. The Balaban J connectivity index is 1.88. The van der Waals surface area contributed by atoms with Gasteiger partial charge < -0.3 is 10.1 Å². The highest BCUT2D eigenvalue weighted by Crippen LogP contribution is 2.23. The van der Waals surface area contributed by atoms with E-state index in [0.717, 1.165) is 25.2 Å². The fraction of sp³-hybridized carbons (Fsp3) is 1.00. The van der Waals surface area contributed by atoms with Gasteiger partial charge in [0.05, 0.1) is 0 Å². The maximum absolute atomic E-state index is 5.49. The Morgan fingerprint density at radius 1 is 1.33 bits per heavy atom. The third-order valence-corrected chi connectivity index (χ3v) is 4.67. The monoisotopic (exact) mass is 254 g/mol. The Kier molecular flexibility index (Phi) is 5.93. The lowest BCUT2D eigenvalue weighted by atomic mass is 9.91. The van der Waals surface area contributed by atoms with E-state index in [1.807, 2.05) is 0 Å². The summed E-state index contributed by atoms with van der Waals surface area (Å²) in [4.78, 5) is 2.73. The quantitative estimate of drug-likeness (QED) is 0.833. The Bertz CT molecular complexity index is 229. The Labute approximate surface area is 112 Å². The van der Waals surface area contributed by atoms with Gasteiger partial charge in [0.25, 0.3) is 0 Å². The second-order valence-corrected chi connectivity index (χ2v) is 5.98. The third kappa shape index (κ3) is 3.94. The molecule has 18 heavy (non-hydrogen) atoms. The van der Waals surface area contributed by atoms with Crippen LogP contribution >= 0.6 is 0 Å². The number of rotatable bonds is 4. The van der Waals surface area contributed by atoms with Gasteiger partial charge in [-0.15, -0.1) is 0 Å². The van der Waals surface area contributed by atoms with Crippen LogP contribution in [0.15, 0.2) is 0 Å². The zero-order valence-electron chi connectivity index (χ0n) is 12.2. The van der Waals surface area contributed by atoms with Crippen molar-refractivity contribution in [3.63, 3.8) is 0 Å². The molecular formula is C15H30N2O. The van der Waals surface area contributed by atoms with E-state index in [1.165, 1.54) is 51.7 Å². The van der Waals surface area contributed by atoms with Crippen LogP contribution in [0.4, 0.5) is 0 Å². The highest BCUT2D eigenvalue weighted by atomic mass is 16.5. The van der Waals surface area contributed by atoms with Crippen LogP contribution in [0.25, 0.3) is 0 Å². The maximum atomic E-state index is 5.49. The first kappa shape index (κ1) is 14.3. The molecule has 2 fully saturated rings. The molecule has 3 nitrogen and oxygen atoms in total. The molecule has 0 saturated carbocycles. The average molecular weight is 254 g/mol. The second-order valence-electron chi connectivity index (χ2n) is 5.98. The molecule has 2 heterocycles. The first-order valence-electron chi connectivity index (χ1n) is 7.86. The summed E-state index contributed by atoms with van der Waals surface area (Å²) in [5.41, 5.74) is 0. The van der Waals surface area contributed by atoms with Gasteiger partial charge in [-0.3, -0.25) is 4.90 Å². The van der Waals surface area contributed by atoms with Crippen molar-refractivity contribution >= 4 is 0 Å². The number of nitrogens with zero attached hydrogens (tertiary/aromatic N) is 1. The van der Waals surface area contributed by atoms with Crippen molar-refractivity contribution in [2.24, 2.45) is 5.92 Å². The van der Waals surface area contributed by atoms with Crippen molar-refractivity contribution in [3.8, 4) is 0 Å². The highest BCUT2D eigenvalue weighted by Gasteiger charge is 2.27. The van der Waals surface area contributed by atoms with Crippen LogP contribution in [-0.2, 0) is 4.74 Å². The molecule has 106 valence electrons. The molecule has 2 unspecified atom stereocenters. The SMILES string of the molecule is CCCC1CN(C(C)C2CCOCC2)CCCN1. The predicted molar refractivity (Wildman–Crippen MR) is 75.9 cm³/mol. The molecule has 3 heteroatoms. The van der Waals surface area contributed by atoms with Crippen LogP contribution < -0.4 is 5.32 Å². The molecular weight excluding hydrogens is 224 g/mol. The Hall–Kier alpha value is -0.120. The summed E-state index contributed by atoms with van der Waals surface area (Å²) in [6, 6.07) is 1.44. The second kappa shape index (κ2) is 7.46. The largest absolute Gasteiger partial charge is 0.381 e. The van der Waals surface area contributed by atoms with Gasteiger partial charge in [0, 0.05) is 31.8 Å². The first-order valence-corrected chi connectivity index (χ1v) is 7.86. The highest BCUT2D eigenvalue weighted by molar-refractivity contribution is 4.83. The van der Waals surface area contributed by atoms with Crippen molar-refractivity contribution in [2.75, 3.05) is 32.8 Å². The molecule has 0 spiro atoms. The molecule has 0 aromatic heterocycles. The summed E-state index contributed by atoms with van der Waals surface area (Å²) in [5.74, 6) is 0.846. The van der Waals surface area contributed by atoms with Crippen LogP contribution in [0, 0.1) is 5.92 Å². The summed E-state index contributed by atoms with van der Waals surface area (Å²) in [6.45, 7) is 10.4. The van der Waals surface area contributed by atoms with Crippen LogP contribution in [0.5, 0.6) is 0 Å². The number of hydrogen-bond donors (Lipinski definition) is 1. The molecule has 0 radical (unpaired) electrons. The van der Waals surface area contributed by atoms with E-state index in [2.05, 4.69) is 24.1 Å². The minimum atomic E-state index is 0.708. The molecule has 2 rings (SSSR count). The van der Waals surface area contributed by atoms with Crippen LogP contribution in [-0.4, -0.2) is 49.8 Å². The van der Waals surface area contributed by atoms with E-state index in [-0.39, 0.29) is 0 Å². The zero-order chi connectivity index (χ0) is 12.8. The predicted octanol–water partition coefficient (Wildman–Crippen LogP) is 2.27. The summed E-state index contributed by atoms with van der Waals surface area (Å²) in [5, 5.41) is 3.70. The van der Waals surface area contributed by atoms with Gasteiger partial charge >= 0.3 is 0 Å². The van der Waals surface area contributed by atoms with Crippen molar-refractivity contribution in [3.05, 3.63) is 0 Å². The minimum absolute atomic E-state index is 0.708. The average Bonchev–Trinajstić information content (AvgIpc) is 2.65. The number of ether oxygens (including phenoxy) is 1. The zero-order valence-corrected chi connectivity index (χ0v) is 12.2. The summed E-state index contributed by atoms with van der Waals surface area (Å²) in [7, 11) is 0. The van der Waals surface area contributed by atoms with E-state index in [9.17, 15) is 0 Å². The van der Waals surface area contributed by atoms with Crippen molar-refractivity contribution in [1.29, 1.82) is 0 Å². The van der Waals surface area contributed by atoms with E-state index in [0.29, 0.717) is 6.04 Å². The summed E-state index contributed by atoms with van der Waals surface area (Å²) in [6.07, 6.45) is 6.41. The lowest BCUT2D eigenvalue weighted by Gasteiger charge is -2.37. The van der Waals surface area contributed by atoms with Crippen LogP contribution in [0.1, 0.15) is 46.0 Å². The van der Waals surface area contributed by atoms with E-state index in [1.54, 1.807) is 0 Å². The molecule has 0 bridgehead atoms.